The Kier molecular flexibility index (Phi) is 4.48. The molecule has 0 aliphatic rings. The SMILES string of the molecule is CC(C)(Sc1ccc([N+](=O)[O-])cc1F)[C@H](N)C(=O)O. The highest BCUT2D eigenvalue weighted by Crippen LogP contribution is 2.37. The minimum atomic E-state index is -1.19. The number of aliphatic carboxylic acids is 1. The number of nitrogens with two attached hydrogens (primary N) is 1. The number of nitrogens with zero attached hydrogens (tertiary/aromatic N) is 1. The molecule has 1 aromatic carbocycles. The third kappa shape index (κ3) is 3.65. The first kappa shape index (κ1) is 15.4. The van der Waals surface area contributed by atoms with Gasteiger partial charge in [0.25, 0.3) is 5.69 Å². The molecule has 104 valence electrons. The molecule has 0 aliphatic heterocycles. The normalized spacial score (nSPS) is 13.1. The molecule has 0 fully saturated rings. The van der Waals surface area contributed by atoms with E-state index in [4.69, 9.17) is 10.8 Å². The average molecular weight is 288 g/mol. The third-order valence-corrected chi connectivity index (χ3v) is 3.85. The second-order valence-corrected chi connectivity index (χ2v) is 6.09. The Morgan fingerprint density at radius 1 is 1.58 bits per heavy atom. The number of carboxylic acid groups (broad SMARTS) is 1. The maximum absolute atomic E-state index is 13.7. The van der Waals surface area contributed by atoms with E-state index in [1.807, 2.05) is 0 Å². The fraction of sp³-hybridized carbons (Fsp3) is 0.364. The van der Waals surface area contributed by atoms with E-state index >= 15 is 0 Å². The van der Waals surface area contributed by atoms with Gasteiger partial charge in [-0.3, -0.25) is 14.9 Å². The van der Waals surface area contributed by atoms with Gasteiger partial charge in [-0.2, -0.15) is 0 Å². The Morgan fingerprint density at radius 2 is 2.16 bits per heavy atom. The number of halogens is 1. The van der Waals surface area contributed by atoms with Gasteiger partial charge in [0.2, 0.25) is 0 Å². The zero-order valence-corrected chi connectivity index (χ0v) is 11.1. The van der Waals surface area contributed by atoms with E-state index in [2.05, 4.69) is 0 Å². The van der Waals surface area contributed by atoms with Crippen LogP contribution in [0.1, 0.15) is 13.8 Å². The summed E-state index contributed by atoms with van der Waals surface area (Å²) >= 11 is 0.926. The highest BCUT2D eigenvalue weighted by molar-refractivity contribution is 8.00. The number of benzene rings is 1. The van der Waals surface area contributed by atoms with Crippen molar-refractivity contribution in [1.82, 2.24) is 0 Å². The Balaban J connectivity index is 3.00. The molecule has 1 rings (SSSR count). The molecule has 0 saturated heterocycles. The van der Waals surface area contributed by atoms with Crippen LogP contribution in [-0.2, 0) is 4.79 Å². The van der Waals surface area contributed by atoms with Crippen molar-refractivity contribution in [3.05, 3.63) is 34.1 Å². The van der Waals surface area contributed by atoms with Gasteiger partial charge in [-0.05, 0) is 19.9 Å². The number of carboxylic acids is 1. The highest BCUT2D eigenvalue weighted by atomic mass is 32.2. The van der Waals surface area contributed by atoms with Crippen LogP contribution in [0.15, 0.2) is 23.1 Å². The predicted molar refractivity (Wildman–Crippen MR) is 68.6 cm³/mol. The third-order valence-electron chi connectivity index (χ3n) is 2.51. The van der Waals surface area contributed by atoms with E-state index in [-0.39, 0.29) is 10.6 Å². The molecule has 0 heterocycles. The van der Waals surface area contributed by atoms with Crippen molar-refractivity contribution in [2.24, 2.45) is 5.73 Å². The number of non-ortho nitro benzene ring substituents is 1. The molecule has 1 atom stereocenters. The molecule has 0 unspecified atom stereocenters. The molecule has 6 nitrogen and oxygen atoms in total. The highest BCUT2D eigenvalue weighted by Gasteiger charge is 2.34. The number of hydrogen-bond donors (Lipinski definition) is 2. The quantitative estimate of drug-likeness (QED) is 0.487. The van der Waals surface area contributed by atoms with E-state index in [0.29, 0.717) is 0 Å². The molecular weight excluding hydrogens is 275 g/mol. The molecule has 19 heavy (non-hydrogen) atoms. The van der Waals surface area contributed by atoms with E-state index in [1.165, 1.54) is 6.07 Å². The van der Waals surface area contributed by atoms with Gasteiger partial charge in [0.1, 0.15) is 11.9 Å². The van der Waals surface area contributed by atoms with Crippen molar-refractivity contribution in [3.8, 4) is 0 Å². The number of carbonyl (C=O) groups is 1. The van der Waals surface area contributed by atoms with E-state index in [0.717, 1.165) is 23.9 Å². The van der Waals surface area contributed by atoms with E-state index < -0.39 is 27.5 Å². The van der Waals surface area contributed by atoms with Gasteiger partial charge in [0.15, 0.2) is 0 Å². The summed E-state index contributed by atoms with van der Waals surface area (Å²) in [5.74, 6) is -1.97. The van der Waals surface area contributed by atoms with Crippen molar-refractivity contribution in [2.75, 3.05) is 0 Å². The van der Waals surface area contributed by atoms with Gasteiger partial charge in [0, 0.05) is 15.7 Å². The van der Waals surface area contributed by atoms with Crippen molar-refractivity contribution in [3.63, 3.8) is 0 Å². The lowest BCUT2D eigenvalue weighted by molar-refractivity contribution is -0.385. The second kappa shape index (κ2) is 5.54. The lowest BCUT2D eigenvalue weighted by atomic mass is 10.1. The summed E-state index contributed by atoms with van der Waals surface area (Å²) in [4.78, 5) is 20.7. The van der Waals surface area contributed by atoms with Crippen molar-refractivity contribution < 1.29 is 19.2 Å². The molecule has 1 aromatic rings. The van der Waals surface area contributed by atoms with E-state index in [9.17, 15) is 19.3 Å². The van der Waals surface area contributed by atoms with Gasteiger partial charge in [-0.1, -0.05) is 0 Å². The molecule has 0 aromatic heterocycles. The van der Waals surface area contributed by atoms with Gasteiger partial charge in [-0.15, -0.1) is 11.8 Å². The predicted octanol–water partition coefficient (Wildman–Crippen LogP) is 2.02. The van der Waals surface area contributed by atoms with Crippen LogP contribution in [0.4, 0.5) is 10.1 Å². The monoisotopic (exact) mass is 288 g/mol. The first-order chi connectivity index (χ1) is 8.65. The zero-order chi connectivity index (χ0) is 14.8. The summed E-state index contributed by atoms with van der Waals surface area (Å²) < 4.78 is 12.7. The molecule has 0 aliphatic carbocycles. The molecule has 0 amide bonds. The summed E-state index contributed by atoms with van der Waals surface area (Å²) in [6.07, 6.45) is 0. The molecular formula is C11H13FN2O4S. The maximum Gasteiger partial charge on any atom is 0.321 e. The minimum absolute atomic E-state index is 0.118. The van der Waals surface area contributed by atoms with E-state index in [1.54, 1.807) is 13.8 Å². The van der Waals surface area contributed by atoms with Gasteiger partial charge in [-0.25, -0.2) is 4.39 Å². The number of nitro groups is 1. The maximum atomic E-state index is 13.7. The van der Waals surface area contributed by atoms with Crippen LogP contribution in [0.5, 0.6) is 0 Å². The van der Waals surface area contributed by atoms with Crippen LogP contribution in [0.3, 0.4) is 0 Å². The van der Waals surface area contributed by atoms with Crippen molar-refractivity contribution >= 4 is 23.4 Å². The molecule has 0 saturated carbocycles. The Hall–Kier alpha value is -1.67. The standard InChI is InChI=1S/C11H13FN2O4S/c1-11(2,9(13)10(15)16)19-8-4-3-6(14(17)18)5-7(8)12/h3-5,9H,13H2,1-2H3,(H,15,16)/t9-/m1/s1. The molecule has 8 heteroatoms. The van der Waals surface area contributed by atoms with Crippen LogP contribution in [0.25, 0.3) is 0 Å². The smallest absolute Gasteiger partial charge is 0.321 e. The van der Waals surface area contributed by atoms with Crippen LogP contribution in [-0.4, -0.2) is 26.8 Å². The van der Waals surface area contributed by atoms with Crippen LogP contribution < -0.4 is 5.73 Å². The largest absolute Gasteiger partial charge is 0.480 e. The number of thioether (sulfide) groups is 1. The van der Waals surface area contributed by atoms with Gasteiger partial charge < -0.3 is 10.8 Å². The number of nitro benzene ring substituents is 1. The fourth-order valence-electron chi connectivity index (χ4n) is 1.33. The van der Waals surface area contributed by atoms with Crippen LogP contribution in [0.2, 0.25) is 0 Å². The average Bonchev–Trinajstić information content (AvgIpc) is 2.30. The van der Waals surface area contributed by atoms with Gasteiger partial charge >= 0.3 is 5.97 Å². The summed E-state index contributed by atoms with van der Waals surface area (Å²) in [6.45, 7) is 3.13. The first-order valence-corrected chi connectivity index (χ1v) is 6.08. The number of rotatable bonds is 5. The topological polar surface area (TPSA) is 106 Å². The van der Waals surface area contributed by atoms with Crippen LogP contribution >= 0.6 is 11.8 Å². The van der Waals surface area contributed by atoms with Gasteiger partial charge in [0.05, 0.1) is 11.0 Å². The van der Waals surface area contributed by atoms with Crippen LogP contribution in [0, 0.1) is 15.9 Å². The Labute approximate surface area is 112 Å². The summed E-state index contributed by atoms with van der Waals surface area (Å²) in [6, 6.07) is 2.01. The van der Waals surface area contributed by atoms with Crippen molar-refractivity contribution in [2.45, 2.75) is 29.5 Å². The Morgan fingerprint density at radius 3 is 2.58 bits per heavy atom. The lowest BCUT2D eigenvalue weighted by Crippen LogP contribution is -2.46. The fourth-order valence-corrected chi connectivity index (χ4v) is 2.42. The first-order valence-electron chi connectivity index (χ1n) is 5.26. The Bertz CT molecular complexity index is 521. The summed E-state index contributed by atoms with van der Waals surface area (Å²) in [5, 5.41) is 19.3. The molecule has 3 N–H and O–H groups in total. The minimum Gasteiger partial charge on any atom is -0.480 e. The zero-order valence-electron chi connectivity index (χ0n) is 10.3. The number of hydrogen-bond acceptors (Lipinski definition) is 5. The molecule has 0 bridgehead atoms. The summed E-state index contributed by atoms with van der Waals surface area (Å²) in [7, 11) is 0. The van der Waals surface area contributed by atoms with Crippen molar-refractivity contribution in [1.29, 1.82) is 0 Å². The second-order valence-electron chi connectivity index (χ2n) is 4.39. The molecule has 0 radical (unpaired) electrons. The lowest BCUT2D eigenvalue weighted by Gasteiger charge is -2.27. The summed E-state index contributed by atoms with van der Waals surface area (Å²) in [5.41, 5.74) is 5.16. The molecule has 0 spiro atoms.